The van der Waals surface area contributed by atoms with Gasteiger partial charge in [0.15, 0.2) is 5.96 Å². The summed E-state index contributed by atoms with van der Waals surface area (Å²) in [5.74, 6) is -0.596. The van der Waals surface area contributed by atoms with E-state index < -0.39 is 15.8 Å². The molecule has 0 aromatic heterocycles. The van der Waals surface area contributed by atoms with Crippen LogP contribution in [0.5, 0.6) is 0 Å². The first-order valence-electron chi connectivity index (χ1n) is 8.24. The predicted octanol–water partition coefficient (Wildman–Crippen LogP) is 3.00. The first-order valence-corrected chi connectivity index (χ1v) is 9.90. The second-order valence-corrected chi connectivity index (χ2v) is 7.71. The second kappa shape index (κ2) is 11.1. The number of nitrogens with zero attached hydrogens (tertiary/aromatic N) is 1. The molecule has 3 N–H and O–H groups in total. The zero-order valence-electron chi connectivity index (χ0n) is 15.5. The maximum Gasteiger partial charge on any atom is 0.234 e. The summed E-state index contributed by atoms with van der Waals surface area (Å²) in [5, 5.41) is 5.89. The van der Waals surface area contributed by atoms with Gasteiger partial charge < -0.3 is 10.6 Å². The normalized spacial score (nSPS) is 11.5. The predicted molar refractivity (Wildman–Crippen MR) is 119 cm³/mol. The van der Waals surface area contributed by atoms with Crippen LogP contribution >= 0.6 is 24.0 Å². The molecule has 2 rings (SSSR count). The first-order chi connectivity index (χ1) is 12.8. The van der Waals surface area contributed by atoms with Crippen LogP contribution in [-0.2, 0) is 16.6 Å². The average Bonchev–Trinajstić information content (AvgIpc) is 2.62. The van der Waals surface area contributed by atoms with Crippen LogP contribution in [0.1, 0.15) is 11.1 Å². The smallest absolute Gasteiger partial charge is 0.234 e. The van der Waals surface area contributed by atoms with Crippen molar-refractivity contribution < 1.29 is 17.2 Å². The van der Waals surface area contributed by atoms with Gasteiger partial charge in [-0.2, -0.15) is 0 Å². The summed E-state index contributed by atoms with van der Waals surface area (Å²) in [5.41, 5.74) is 1.47. The van der Waals surface area contributed by atoms with E-state index in [2.05, 4.69) is 20.3 Å². The number of aliphatic imine (C=N–C) groups is 1. The number of hydrogen-bond donors (Lipinski definition) is 3. The molecular weight excluding hydrogens is 501 g/mol. The minimum absolute atomic E-state index is 0. The standard InChI is InChI=1S/C18H22F2N4O2S.HI/c1-13-3-8-16(11-17(13)20)24-27(25,26)10-9-22-18(21-2)23-12-14-4-6-15(19)7-5-14;/h3-8,11,24H,9-10,12H2,1-2H3,(H2,21,22,23);1H. The molecular formula is C18H23F2IN4O2S. The van der Waals surface area contributed by atoms with Crippen molar-refractivity contribution >= 4 is 45.6 Å². The first kappa shape index (κ1) is 24.1. The lowest BCUT2D eigenvalue weighted by Crippen LogP contribution is -2.39. The summed E-state index contributed by atoms with van der Waals surface area (Å²) in [6.45, 7) is 2.11. The molecule has 0 atom stereocenters. The summed E-state index contributed by atoms with van der Waals surface area (Å²) in [6, 6.07) is 10.2. The number of aryl methyl sites for hydroxylation is 1. The van der Waals surface area contributed by atoms with E-state index in [-0.39, 0.29) is 47.8 Å². The summed E-state index contributed by atoms with van der Waals surface area (Å²) in [4.78, 5) is 4.00. The monoisotopic (exact) mass is 524 g/mol. The third-order valence-corrected chi connectivity index (χ3v) is 4.99. The molecule has 2 aromatic carbocycles. The molecule has 6 nitrogen and oxygen atoms in total. The molecule has 10 heteroatoms. The highest BCUT2D eigenvalue weighted by Crippen LogP contribution is 2.14. The van der Waals surface area contributed by atoms with Gasteiger partial charge in [0.05, 0.1) is 11.4 Å². The van der Waals surface area contributed by atoms with Gasteiger partial charge in [0.25, 0.3) is 0 Å². The van der Waals surface area contributed by atoms with Crippen LogP contribution in [-0.4, -0.2) is 33.7 Å². The maximum atomic E-state index is 13.5. The zero-order chi connectivity index (χ0) is 19.9. The molecule has 0 aliphatic carbocycles. The molecule has 0 aliphatic heterocycles. The number of nitrogens with one attached hydrogen (secondary N) is 3. The maximum absolute atomic E-state index is 13.5. The molecule has 0 radical (unpaired) electrons. The Balaban J connectivity index is 0.00000392. The van der Waals surface area contributed by atoms with E-state index in [1.54, 1.807) is 26.1 Å². The molecule has 0 saturated carbocycles. The van der Waals surface area contributed by atoms with E-state index in [4.69, 9.17) is 0 Å². The molecule has 0 fully saturated rings. The van der Waals surface area contributed by atoms with Gasteiger partial charge in [-0.1, -0.05) is 18.2 Å². The molecule has 28 heavy (non-hydrogen) atoms. The Morgan fingerprint density at radius 2 is 1.75 bits per heavy atom. The van der Waals surface area contributed by atoms with Crippen molar-refractivity contribution in [1.29, 1.82) is 0 Å². The van der Waals surface area contributed by atoms with E-state index in [9.17, 15) is 17.2 Å². The highest BCUT2D eigenvalue weighted by molar-refractivity contribution is 14.0. The fourth-order valence-corrected chi connectivity index (χ4v) is 3.16. The largest absolute Gasteiger partial charge is 0.355 e. The number of anilines is 1. The Bertz CT molecular complexity index is 906. The van der Waals surface area contributed by atoms with E-state index in [0.29, 0.717) is 18.1 Å². The molecule has 0 bridgehead atoms. The van der Waals surface area contributed by atoms with E-state index in [1.165, 1.54) is 24.3 Å². The van der Waals surface area contributed by atoms with Crippen molar-refractivity contribution in [3.8, 4) is 0 Å². The molecule has 0 aliphatic rings. The number of rotatable bonds is 7. The Morgan fingerprint density at radius 1 is 1.07 bits per heavy atom. The summed E-state index contributed by atoms with van der Waals surface area (Å²) >= 11 is 0. The SMILES string of the molecule is CN=C(NCCS(=O)(=O)Nc1ccc(C)c(F)c1)NCc1ccc(F)cc1.I. The van der Waals surface area contributed by atoms with Gasteiger partial charge in [-0.3, -0.25) is 9.71 Å². The minimum atomic E-state index is -3.64. The van der Waals surface area contributed by atoms with E-state index in [0.717, 1.165) is 11.6 Å². The number of benzene rings is 2. The lowest BCUT2D eigenvalue weighted by Gasteiger charge is -2.13. The molecule has 154 valence electrons. The van der Waals surface area contributed by atoms with E-state index >= 15 is 0 Å². The number of guanidine groups is 1. The Hall–Kier alpha value is -1.95. The van der Waals surface area contributed by atoms with Crippen molar-refractivity contribution in [1.82, 2.24) is 10.6 Å². The van der Waals surface area contributed by atoms with Crippen molar-refractivity contribution in [2.24, 2.45) is 4.99 Å². The molecule has 0 saturated heterocycles. The number of halogens is 3. The van der Waals surface area contributed by atoms with Crippen LogP contribution in [0.3, 0.4) is 0 Å². The van der Waals surface area contributed by atoms with Gasteiger partial charge in [0.1, 0.15) is 11.6 Å². The van der Waals surface area contributed by atoms with Crippen LogP contribution in [0, 0.1) is 18.6 Å². The third-order valence-electron chi connectivity index (χ3n) is 3.71. The highest BCUT2D eigenvalue weighted by Gasteiger charge is 2.12. The summed E-state index contributed by atoms with van der Waals surface area (Å²) in [6.07, 6.45) is 0. The summed E-state index contributed by atoms with van der Waals surface area (Å²) in [7, 11) is -2.09. The molecule has 0 unspecified atom stereocenters. The van der Waals surface area contributed by atoms with Gasteiger partial charge in [0, 0.05) is 20.1 Å². The molecule has 0 spiro atoms. The lowest BCUT2D eigenvalue weighted by molar-refractivity contribution is 0.599. The number of sulfonamides is 1. The Kier molecular flexibility index (Phi) is 9.59. The van der Waals surface area contributed by atoms with Crippen LogP contribution < -0.4 is 15.4 Å². The molecule has 0 amide bonds. The van der Waals surface area contributed by atoms with Gasteiger partial charge >= 0.3 is 0 Å². The fraction of sp³-hybridized carbons (Fsp3) is 0.278. The van der Waals surface area contributed by atoms with Crippen molar-refractivity contribution in [3.63, 3.8) is 0 Å². The average molecular weight is 524 g/mol. The third kappa shape index (κ3) is 7.97. The fourth-order valence-electron chi connectivity index (χ4n) is 2.20. The van der Waals surface area contributed by atoms with Crippen molar-refractivity contribution in [2.75, 3.05) is 24.1 Å². The van der Waals surface area contributed by atoms with Gasteiger partial charge in [0.2, 0.25) is 10.0 Å². The van der Waals surface area contributed by atoms with Crippen LogP contribution in [0.4, 0.5) is 14.5 Å². The second-order valence-electron chi connectivity index (χ2n) is 5.86. The number of hydrogen-bond acceptors (Lipinski definition) is 3. The quantitative estimate of drug-likeness (QED) is 0.296. The zero-order valence-corrected chi connectivity index (χ0v) is 18.6. The van der Waals surface area contributed by atoms with Gasteiger partial charge in [-0.25, -0.2) is 17.2 Å². The van der Waals surface area contributed by atoms with Gasteiger partial charge in [-0.05, 0) is 42.3 Å². The van der Waals surface area contributed by atoms with Crippen LogP contribution in [0.25, 0.3) is 0 Å². The minimum Gasteiger partial charge on any atom is -0.355 e. The topological polar surface area (TPSA) is 82.6 Å². The van der Waals surface area contributed by atoms with Crippen molar-refractivity contribution in [3.05, 3.63) is 65.2 Å². The van der Waals surface area contributed by atoms with Crippen molar-refractivity contribution in [2.45, 2.75) is 13.5 Å². The highest BCUT2D eigenvalue weighted by atomic mass is 127. The van der Waals surface area contributed by atoms with Crippen LogP contribution in [0.15, 0.2) is 47.5 Å². The van der Waals surface area contributed by atoms with Gasteiger partial charge in [-0.15, -0.1) is 24.0 Å². The Labute approximate surface area is 180 Å². The summed E-state index contributed by atoms with van der Waals surface area (Å²) < 4.78 is 53.0. The lowest BCUT2D eigenvalue weighted by atomic mass is 10.2. The Morgan fingerprint density at radius 3 is 2.36 bits per heavy atom. The van der Waals surface area contributed by atoms with E-state index in [1.807, 2.05) is 0 Å². The molecule has 0 heterocycles. The van der Waals surface area contributed by atoms with Crippen LogP contribution in [0.2, 0.25) is 0 Å². The molecule has 2 aromatic rings.